The van der Waals surface area contributed by atoms with Crippen LogP contribution >= 0.6 is 0 Å². The van der Waals surface area contributed by atoms with Crippen molar-refractivity contribution < 1.29 is 24.6 Å². The Kier molecular flexibility index (Phi) is 8.38. The molecule has 0 bridgehead atoms. The van der Waals surface area contributed by atoms with E-state index in [1.807, 2.05) is 12.1 Å². The molecule has 0 aromatic heterocycles. The molecule has 7 nitrogen and oxygen atoms in total. The average Bonchev–Trinajstić information content (AvgIpc) is 3.62. The molecule has 0 saturated heterocycles. The normalized spacial score (nSPS) is 19.6. The maximum Gasteiger partial charge on any atom is 0.234 e. The number of phenols is 1. The molecule has 2 aromatic rings. The molecule has 3 aliphatic rings. The predicted octanol–water partition coefficient (Wildman–Crippen LogP) is 2.69. The van der Waals surface area contributed by atoms with Crippen molar-refractivity contribution >= 4 is 28.6 Å². The number of benzene rings is 2. The van der Waals surface area contributed by atoms with Crippen LogP contribution in [0.25, 0.3) is 5.57 Å². The van der Waals surface area contributed by atoms with Gasteiger partial charge in [0, 0.05) is 42.9 Å². The summed E-state index contributed by atoms with van der Waals surface area (Å²) in [7, 11) is 0. The second-order valence-corrected chi connectivity index (χ2v) is 11.4. The number of carbonyl (C=O) groups is 3. The Balaban J connectivity index is 1.45. The average molecular weight is 545 g/mol. The summed E-state index contributed by atoms with van der Waals surface area (Å²) in [6.45, 7) is 7.61. The third-order valence-electron chi connectivity index (χ3n) is 8.83. The van der Waals surface area contributed by atoms with Crippen LogP contribution in [-0.4, -0.2) is 48.6 Å². The van der Waals surface area contributed by atoms with Crippen molar-refractivity contribution in [2.75, 3.05) is 31.1 Å². The Morgan fingerprint density at radius 2 is 1.65 bits per heavy atom. The first-order valence-corrected chi connectivity index (χ1v) is 15.1. The van der Waals surface area contributed by atoms with Gasteiger partial charge in [0.1, 0.15) is 24.8 Å². The quantitative estimate of drug-likeness (QED) is 0.202. The monoisotopic (exact) mass is 544 g/mol. The van der Waals surface area contributed by atoms with Crippen LogP contribution in [0.15, 0.2) is 24.3 Å². The fraction of sp³-hybridized carbons (Fsp3) is 0.515. The minimum absolute atomic E-state index is 0.0730. The first-order chi connectivity index (χ1) is 19.4. The number of nitrogens with zero attached hydrogens (tertiary/aromatic N) is 2. The zero-order valence-electron chi connectivity index (χ0n) is 23.8. The Labute approximate surface area is 235 Å². The number of phenolic OH excluding ortho intramolecular Hbond substituents is 1. The van der Waals surface area contributed by atoms with Gasteiger partial charge in [0.2, 0.25) is 16.9 Å². The number of aromatic hydroxyl groups is 1. The van der Waals surface area contributed by atoms with Crippen molar-refractivity contribution in [1.29, 1.82) is 0 Å². The van der Waals surface area contributed by atoms with E-state index >= 15 is 0 Å². The summed E-state index contributed by atoms with van der Waals surface area (Å²) in [6.07, 6.45) is 10.3. The maximum absolute atomic E-state index is 13.6. The highest BCUT2D eigenvalue weighted by Gasteiger charge is 2.47. The van der Waals surface area contributed by atoms with E-state index in [4.69, 9.17) is 0 Å². The molecular weight excluding hydrogens is 504 g/mol. The Morgan fingerprint density at radius 3 is 2.40 bits per heavy atom. The largest absolute Gasteiger partial charge is 0.872 e. The lowest BCUT2D eigenvalue weighted by Gasteiger charge is -2.24. The minimum Gasteiger partial charge on any atom is -0.872 e. The van der Waals surface area contributed by atoms with Crippen molar-refractivity contribution in [3.05, 3.63) is 51.5 Å². The van der Waals surface area contributed by atoms with Gasteiger partial charge in [-0.1, -0.05) is 57.8 Å². The molecule has 1 N–H and O–H groups in total. The number of hydrogen-bond acceptors (Lipinski definition) is 6. The molecule has 0 radical (unpaired) electrons. The van der Waals surface area contributed by atoms with E-state index in [0.29, 0.717) is 24.0 Å². The minimum atomic E-state index is -1.44. The van der Waals surface area contributed by atoms with Crippen LogP contribution in [-0.2, 0) is 27.2 Å². The maximum atomic E-state index is 13.6. The zero-order chi connectivity index (χ0) is 28.4. The topological polar surface area (TPSA) is 101 Å². The molecule has 7 heteroatoms. The Morgan fingerprint density at radius 1 is 0.900 bits per heavy atom. The van der Waals surface area contributed by atoms with Crippen molar-refractivity contribution in [3.63, 3.8) is 0 Å². The van der Waals surface area contributed by atoms with Gasteiger partial charge in [0.05, 0.1) is 11.1 Å². The second-order valence-electron chi connectivity index (χ2n) is 11.4. The summed E-state index contributed by atoms with van der Waals surface area (Å²) in [5.41, 5.74) is 1.97. The molecule has 2 aromatic carbocycles. The van der Waals surface area contributed by atoms with Crippen molar-refractivity contribution in [2.24, 2.45) is 0 Å². The molecule has 1 unspecified atom stereocenters. The molecule has 2 heterocycles. The highest BCUT2D eigenvalue weighted by Crippen LogP contribution is 2.41. The Bertz CT molecular complexity index is 1470. The van der Waals surface area contributed by atoms with Gasteiger partial charge in [-0.2, -0.15) is 0 Å². The first kappa shape index (κ1) is 28.1. The number of ketones is 3. The van der Waals surface area contributed by atoms with Gasteiger partial charge in [-0.05, 0) is 42.5 Å². The zero-order valence-corrected chi connectivity index (χ0v) is 23.8. The summed E-state index contributed by atoms with van der Waals surface area (Å²) in [6, 6.07) is 6.80. The van der Waals surface area contributed by atoms with E-state index in [1.54, 1.807) is 12.1 Å². The highest BCUT2D eigenvalue weighted by molar-refractivity contribution is 6.72. The van der Waals surface area contributed by atoms with Crippen LogP contribution in [0.4, 0.5) is 5.69 Å². The fourth-order valence-corrected chi connectivity index (χ4v) is 6.60. The molecule has 5 rings (SSSR count). The van der Waals surface area contributed by atoms with Gasteiger partial charge in [0.15, 0.2) is 5.78 Å². The SMILES string of the molecule is CCCCCCN1CCc2c1ccc(C1C(=O)C(=O)/C(=c3/ccc4c(c3O)CC[N+]=4CCCCCC)C1=O)c2[O-]. The second kappa shape index (κ2) is 11.9. The van der Waals surface area contributed by atoms with E-state index in [0.717, 1.165) is 75.7 Å². The standard InChI is InChI=1S/C33H40N2O5/c1-3-5-7-9-17-34-19-15-21-25(34)13-11-23(29(21)36)27-31(38)28(33(40)32(27)39)24-12-14-26-22(30(24)37)16-20-35(26)18-10-8-6-4-2/h11-14,27,36H,3-10,15-20H2,1-2H3/b28-24-. The third kappa shape index (κ3) is 4.95. The number of carbonyl (C=O) groups excluding carboxylic acids is 3. The van der Waals surface area contributed by atoms with E-state index < -0.39 is 23.3 Å². The number of hydrogen-bond donors (Lipinski definition) is 1. The van der Waals surface area contributed by atoms with E-state index in [-0.39, 0.29) is 27.9 Å². The summed E-state index contributed by atoms with van der Waals surface area (Å²) in [5, 5.41) is 25.7. The van der Waals surface area contributed by atoms with Crippen molar-refractivity contribution in [3.8, 4) is 11.5 Å². The van der Waals surface area contributed by atoms with Gasteiger partial charge in [-0.3, -0.25) is 14.4 Å². The van der Waals surface area contributed by atoms with Gasteiger partial charge in [-0.15, -0.1) is 0 Å². The molecule has 2 aliphatic heterocycles. The molecule has 212 valence electrons. The van der Waals surface area contributed by atoms with E-state index in [1.165, 1.54) is 12.8 Å². The predicted molar refractivity (Wildman–Crippen MR) is 153 cm³/mol. The summed E-state index contributed by atoms with van der Waals surface area (Å²) >= 11 is 0. The lowest BCUT2D eigenvalue weighted by molar-refractivity contribution is -0.270. The summed E-state index contributed by atoms with van der Waals surface area (Å²) in [4.78, 5) is 42.1. The van der Waals surface area contributed by atoms with Crippen LogP contribution < -0.4 is 25.2 Å². The Hall–Kier alpha value is -3.48. The highest BCUT2D eigenvalue weighted by atomic mass is 16.3. The number of anilines is 1. The van der Waals surface area contributed by atoms with Gasteiger partial charge >= 0.3 is 0 Å². The van der Waals surface area contributed by atoms with Crippen LogP contribution in [0.3, 0.4) is 0 Å². The van der Waals surface area contributed by atoms with Crippen molar-refractivity contribution in [1.82, 2.24) is 4.58 Å². The lowest BCUT2D eigenvalue weighted by Crippen LogP contribution is -2.28. The lowest BCUT2D eigenvalue weighted by atomic mass is 9.91. The van der Waals surface area contributed by atoms with E-state index in [2.05, 4.69) is 23.3 Å². The van der Waals surface area contributed by atoms with Gasteiger partial charge < -0.3 is 15.1 Å². The first-order valence-electron chi connectivity index (χ1n) is 15.1. The van der Waals surface area contributed by atoms with Gasteiger partial charge in [0.25, 0.3) is 0 Å². The molecule has 1 fully saturated rings. The molecule has 1 saturated carbocycles. The fourth-order valence-electron chi connectivity index (χ4n) is 6.60. The summed E-state index contributed by atoms with van der Waals surface area (Å²) < 4.78 is 2.23. The number of rotatable bonds is 11. The molecule has 0 spiro atoms. The van der Waals surface area contributed by atoms with E-state index in [9.17, 15) is 24.6 Å². The van der Waals surface area contributed by atoms with Crippen LogP contribution in [0.2, 0.25) is 0 Å². The molecule has 0 amide bonds. The number of unbranched alkanes of at least 4 members (excludes halogenated alkanes) is 6. The van der Waals surface area contributed by atoms with Crippen LogP contribution in [0.5, 0.6) is 11.5 Å². The van der Waals surface area contributed by atoms with Crippen LogP contribution in [0.1, 0.15) is 87.8 Å². The molecule has 40 heavy (non-hydrogen) atoms. The summed E-state index contributed by atoms with van der Waals surface area (Å²) in [5.74, 6) is -4.35. The van der Waals surface area contributed by atoms with Crippen molar-refractivity contribution in [2.45, 2.75) is 84.0 Å². The smallest absolute Gasteiger partial charge is 0.234 e. The molecular formula is C33H40N2O5. The molecule has 1 atom stereocenters. The van der Waals surface area contributed by atoms with Crippen LogP contribution in [0, 0.1) is 0 Å². The van der Waals surface area contributed by atoms with Gasteiger partial charge in [-0.25, -0.2) is 4.58 Å². The number of fused-ring (bicyclic) bond motifs is 2. The molecule has 1 aliphatic carbocycles. The third-order valence-corrected chi connectivity index (χ3v) is 8.83. The number of Topliss-reactive ketones (excluding diaryl/α,β-unsaturated/α-hetero) is 3.